The molecule has 0 aromatic heterocycles. The maximum Gasteiger partial charge on any atom is 0.138 e. The van der Waals surface area contributed by atoms with Crippen LogP contribution in [0, 0.1) is 11.7 Å². The molecule has 0 heterocycles. The van der Waals surface area contributed by atoms with Crippen molar-refractivity contribution in [3.63, 3.8) is 0 Å². The third kappa shape index (κ3) is 5.85. The number of hydrogen-bond donors (Lipinski definition) is 0. The molecular formula is C31H37FO. The summed E-state index contributed by atoms with van der Waals surface area (Å²) in [7, 11) is 0. The zero-order valence-corrected chi connectivity index (χ0v) is 20.0. The molecule has 0 N–H and O–H groups in total. The smallest absolute Gasteiger partial charge is 0.138 e. The summed E-state index contributed by atoms with van der Waals surface area (Å²) in [4.78, 5) is 0. The normalized spacial score (nSPS) is 18.4. The molecule has 0 bridgehead atoms. The molecule has 0 atom stereocenters. The van der Waals surface area contributed by atoms with Crippen LogP contribution in [0.1, 0.15) is 76.2 Å². The first-order valence-corrected chi connectivity index (χ1v) is 12.8. The molecule has 1 nitrogen and oxygen atoms in total. The standard InChI is InChI=1S/C31H37FO/c1-3-5-6-7-8-23-9-11-24(12-10-23)26-15-19-30-27(22-26)16-20-29(31(30)32)25-13-17-28(18-14-25)33-21-4-2/h4,13-20,22-24H,2-3,5-12,21H2,1H3/t23-,24-. The van der Waals surface area contributed by atoms with Gasteiger partial charge in [-0.05, 0) is 66.2 Å². The molecule has 0 aliphatic heterocycles. The Labute approximate surface area is 198 Å². The van der Waals surface area contributed by atoms with Gasteiger partial charge in [0.15, 0.2) is 0 Å². The molecule has 0 saturated heterocycles. The highest BCUT2D eigenvalue weighted by molar-refractivity contribution is 5.89. The minimum absolute atomic E-state index is 0.144. The van der Waals surface area contributed by atoms with E-state index >= 15 is 4.39 Å². The average Bonchev–Trinajstić information content (AvgIpc) is 2.86. The monoisotopic (exact) mass is 444 g/mol. The van der Waals surface area contributed by atoms with Crippen LogP contribution in [0.4, 0.5) is 4.39 Å². The molecule has 1 aliphatic carbocycles. The molecule has 0 spiro atoms. The highest BCUT2D eigenvalue weighted by Gasteiger charge is 2.22. The summed E-state index contributed by atoms with van der Waals surface area (Å²) in [6, 6.07) is 17.9. The van der Waals surface area contributed by atoms with E-state index in [-0.39, 0.29) is 5.82 Å². The Morgan fingerprint density at radius 1 is 0.939 bits per heavy atom. The lowest BCUT2D eigenvalue weighted by Gasteiger charge is -2.29. The fourth-order valence-corrected chi connectivity index (χ4v) is 5.32. The quantitative estimate of drug-likeness (QED) is 0.223. The molecule has 1 saturated carbocycles. The highest BCUT2D eigenvalue weighted by atomic mass is 19.1. The van der Waals surface area contributed by atoms with Crippen molar-refractivity contribution >= 4 is 10.8 Å². The SMILES string of the molecule is C=CCOc1ccc(-c2ccc3cc([C@H]4CC[C@H](CCCCCC)CC4)ccc3c2F)cc1. The maximum absolute atomic E-state index is 15.4. The summed E-state index contributed by atoms with van der Waals surface area (Å²) in [5, 5.41) is 1.70. The lowest BCUT2D eigenvalue weighted by molar-refractivity contribution is 0.302. The predicted molar refractivity (Wildman–Crippen MR) is 138 cm³/mol. The Morgan fingerprint density at radius 3 is 2.45 bits per heavy atom. The number of ether oxygens (including phenoxy) is 1. The second-order valence-corrected chi connectivity index (χ2v) is 9.60. The van der Waals surface area contributed by atoms with Gasteiger partial charge in [-0.1, -0.05) is 94.1 Å². The Kier molecular flexibility index (Phi) is 8.20. The van der Waals surface area contributed by atoms with Crippen molar-refractivity contribution in [2.45, 2.75) is 70.6 Å². The molecular weight excluding hydrogens is 407 g/mol. The second kappa shape index (κ2) is 11.5. The molecule has 0 amide bonds. The molecule has 0 unspecified atom stereocenters. The first-order valence-electron chi connectivity index (χ1n) is 12.8. The van der Waals surface area contributed by atoms with E-state index in [1.54, 1.807) is 6.08 Å². The summed E-state index contributed by atoms with van der Waals surface area (Å²) in [6.45, 7) is 6.40. The lowest BCUT2D eigenvalue weighted by atomic mass is 9.76. The summed E-state index contributed by atoms with van der Waals surface area (Å²) < 4.78 is 21.0. The van der Waals surface area contributed by atoms with E-state index in [1.807, 2.05) is 36.4 Å². The fraction of sp³-hybridized carbons (Fsp3) is 0.419. The summed E-state index contributed by atoms with van der Waals surface area (Å²) >= 11 is 0. The van der Waals surface area contributed by atoms with Crippen molar-refractivity contribution in [3.8, 4) is 16.9 Å². The second-order valence-electron chi connectivity index (χ2n) is 9.60. The third-order valence-electron chi connectivity index (χ3n) is 7.30. The van der Waals surface area contributed by atoms with E-state index in [0.717, 1.165) is 22.6 Å². The number of benzene rings is 3. The van der Waals surface area contributed by atoms with Crippen molar-refractivity contribution in [1.82, 2.24) is 0 Å². The molecule has 33 heavy (non-hydrogen) atoms. The van der Waals surface area contributed by atoms with E-state index in [9.17, 15) is 0 Å². The zero-order chi connectivity index (χ0) is 23.0. The van der Waals surface area contributed by atoms with Crippen molar-refractivity contribution in [2.24, 2.45) is 5.92 Å². The Bertz CT molecular complexity index is 1040. The minimum Gasteiger partial charge on any atom is -0.490 e. The van der Waals surface area contributed by atoms with Gasteiger partial charge in [0.25, 0.3) is 0 Å². The predicted octanol–water partition coefficient (Wildman–Crippen LogP) is 9.45. The van der Waals surface area contributed by atoms with Crippen LogP contribution in [0.15, 0.2) is 67.3 Å². The Morgan fingerprint density at radius 2 is 1.73 bits per heavy atom. The fourth-order valence-electron chi connectivity index (χ4n) is 5.32. The molecule has 1 fully saturated rings. The number of halogens is 1. The maximum atomic E-state index is 15.4. The van der Waals surface area contributed by atoms with Gasteiger partial charge >= 0.3 is 0 Å². The highest BCUT2D eigenvalue weighted by Crippen LogP contribution is 2.39. The van der Waals surface area contributed by atoms with E-state index in [1.165, 1.54) is 63.4 Å². The van der Waals surface area contributed by atoms with Crippen molar-refractivity contribution in [3.05, 3.63) is 78.6 Å². The Balaban J connectivity index is 1.43. The topological polar surface area (TPSA) is 9.23 Å². The molecule has 0 radical (unpaired) electrons. The zero-order valence-electron chi connectivity index (χ0n) is 20.0. The van der Waals surface area contributed by atoms with E-state index in [0.29, 0.717) is 23.5 Å². The van der Waals surface area contributed by atoms with Gasteiger partial charge in [0.1, 0.15) is 18.2 Å². The van der Waals surface area contributed by atoms with Crippen molar-refractivity contribution < 1.29 is 9.13 Å². The van der Waals surface area contributed by atoms with Crippen LogP contribution >= 0.6 is 0 Å². The van der Waals surface area contributed by atoms with Crippen LogP contribution in [0.25, 0.3) is 21.9 Å². The first kappa shape index (κ1) is 23.5. The molecule has 4 rings (SSSR count). The minimum atomic E-state index is -0.144. The number of unbranched alkanes of at least 4 members (excludes halogenated alkanes) is 3. The van der Waals surface area contributed by atoms with Gasteiger partial charge < -0.3 is 4.74 Å². The number of fused-ring (bicyclic) bond motifs is 1. The molecule has 1 aliphatic rings. The molecule has 2 heteroatoms. The van der Waals surface area contributed by atoms with Crippen molar-refractivity contribution in [1.29, 1.82) is 0 Å². The van der Waals surface area contributed by atoms with Gasteiger partial charge in [-0.3, -0.25) is 0 Å². The summed E-state index contributed by atoms with van der Waals surface area (Å²) in [5.41, 5.74) is 2.87. The van der Waals surface area contributed by atoms with Crippen LogP contribution in [0.3, 0.4) is 0 Å². The first-order chi connectivity index (χ1) is 16.2. The van der Waals surface area contributed by atoms with E-state index in [2.05, 4.69) is 31.7 Å². The van der Waals surface area contributed by atoms with Gasteiger partial charge in [0, 0.05) is 10.9 Å². The lowest BCUT2D eigenvalue weighted by Crippen LogP contribution is -2.13. The van der Waals surface area contributed by atoms with Crippen LogP contribution in [0.2, 0.25) is 0 Å². The molecule has 3 aromatic carbocycles. The van der Waals surface area contributed by atoms with Crippen LogP contribution < -0.4 is 4.74 Å². The largest absolute Gasteiger partial charge is 0.490 e. The summed E-state index contributed by atoms with van der Waals surface area (Å²) in [6.07, 6.45) is 13.8. The van der Waals surface area contributed by atoms with E-state index in [4.69, 9.17) is 4.74 Å². The third-order valence-corrected chi connectivity index (χ3v) is 7.30. The van der Waals surface area contributed by atoms with Gasteiger partial charge in [-0.25, -0.2) is 4.39 Å². The Hall–Kier alpha value is -2.61. The van der Waals surface area contributed by atoms with Gasteiger partial charge in [-0.15, -0.1) is 0 Å². The summed E-state index contributed by atoms with van der Waals surface area (Å²) in [5.74, 6) is 2.15. The number of hydrogen-bond acceptors (Lipinski definition) is 1. The van der Waals surface area contributed by atoms with Gasteiger partial charge in [0.05, 0.1) is 0 Å². The van der Waals surface area contributed by atoms with Crippen LogP contribution in [-0.4, -0.2) is 6.61 Å². The van der Waals surface area contributed by atoms with Gasteiger partial charge in [0.2, 0.25) is 0 Å². The van der Waals surface area contributed by atoms with Crippen molar-refractivity contribution in [2.75, 3.05) is 6.61 Å². The average molecular weight is 445 g/mol. The van der Waals surface area contributed by atoms with Crippen LogP contribution in [-0.2, 0) is 0 Å². The van der Waals surface area contributed by atoms with Crippen LogP contribution in [0.5, 0.6) is 5.75 Å². The molecule has 3 aromatic rings. The van der Waals surface area contributed by atoms with E-state index < -0.39 is 0 Å². The van der Waals surface area contributed by atoms with Gasteiger partial charge in [-0.2, -0.15) is 0 Å². The molecule has 174 valence electrons. The number of rotatable bonds is 10.